The number of rotatable bonds is 10. The Kier molecular flexibility index (Phi) is 6.72. The Morgan fingerprint density at radius 3 is 2.62 bits per heavy atom. The van der Waals surface area contributed by atoms with Crippen LogP contribution in [-0.2, 0) is 20.4 Å². The highest BCUT2D eigenvalue weighted by Gasteiger charge is 2.51. The first-order valence-electron chi connectivity index (χ1n) is 15.5. The number of nitrogens with one attached hydrogen (secondary N) is 1. The smallest absolute Gasteiger partial charge is 0.251 e. The fourth-order valence-corrected chi connectivity index (χ4v) is 6.50. The minimum Gasteiger partial charge on any atom is -0.494 e. The molecule has 0 bridgehead atoms. The van der Waals surface area contributed by atoms with Gasteiger partial charge in [-0.3, -0.25) is 14.3 Å². The number of ether oxygens (including phenoxy) is 2. The van der Waals surface area contributed by atoms with Gasteiger partial charge in [0.2, 0.25) is 5.91 Å². The van der Waals surface area contributed by atoms with E-state index in [0.717, 1.165) is 54.0 Å². The van der Waals surface area contributed by atoms with E-state index in [1.54, 1.807) is 32.2 Å². The third kappa shape index (κ3) is 4.74. The summed E-state index contributed by atoms with van der Waals surface area (Å²) >= 11 is 0. The van der Waals surface area contributed by atoms with Gasteiger partial charge in [0.1, 0.15) is 41.0 Å². The van der Waals surface area contributed by atoms with Crippen LogP contribution < -0.4 is 20.5 Å². The second-order valence-corrected chi connectivity index (χ2v) is 13.1. The van der Waals surface area contributed by atoms with E-state index in [4.69, 9.17) is 20.2 Å². The normalized spacial score (nSPS) is 20.3. The number of nitrogens with two attached hydrogens (primary N) is 1. The minimum atomic E-state index is -1.12. The summed E-state index contributed by atoms with van der Waals surface area (Å²) < 4.78 is 13.7. The number of hydrogen-bond donors (Lipinski definition) is 2. The van der Waals surface area contributed by atoms with Crippen LogP contribution in [0, 0.1) is 19.8 Å². The number of amides is 2. The van der Waals surface area contributed by atoms with Gasteiger partial charge in [-0.25, -0.2) is 4.98 Å². The molecule has 2 fully saturated rings. The second kappa shape index (κ2) is 10.4. The molecule has 0 saturated heterocycles. The molecule has 0 unspecified atom stereocenters. The van der Waals surface area contributed by atoms with Crippen molar-refractivity contribution >= 4 is 29.0 Å². The van der Waals surface area contributed by atoms with Gasteiger partial charge in [-0.05, 0) is 82.2 Å². The lowest BCUT2D eigenvalue weighted by Gasteiger charge is -2.30. The van der Waals surface area contributed by atoms with Gasteiger partial charge in [0, 0.05) is 34.8 Å². The number of hydrogen-bond acceptors (Lipinski definition) is 7. The number of benzene rings is 2. The summed E-state index contributed by atoms with van der Waals surface area (Å²) in [5.74, 6) is 0.146. The summed E-state index contributed by atoms with van der Waals surface area (Å²) in [6.07, 6.45) is 6.67. The molecule has 2 aliphatic carbocycles. The van der Waals surface area contributed by atoms with E-state index >= 15 is 0 Å². The van der Waals surface area contributed by atoms with Gasteiger partial charge in [0.15, 0.2) is 0 Å². The quantitative estimate of drug-likeness (QED) is 0.254. The van der Waals surface area contributed by atoms with Crippen molar-refractivity contribution in [3.05, 3.63) is 70.5 Å². The molecule has 10 heteroatoms. The summed E-state index contributed by atoms with van der Waals surface area (Å²) in [6, 6.07) is 11.7. The summed E-state index contributed by atoms with van der Waals surface area (Å²) in [5, 5.41) is 8.54. The largest absolute Gasteiger partial charge is 0.494 e. The van der Waals surface area contributed by atoms with Crippen molar-refractivity contribution in [2.24, 2.45) is 11.7 Å². The topological polar surface area (TPSA) is 138 Å². The number of nitrogens with zero attached hydrogens (tertiary/aromatic N) is 3. The Bertz CT molecular complexity index is 1890. The van der Waals surface area contributed by atoms with Crippen LogP contribution in [0.2, 0.25) is 0 Å². The molecule has 3 aliphatic rings. The maximum atomic E-state index is 13.7. The minimum absolute atomic E-state index is 0.0248. The fourth-order valence-electron chi connectivity index (χ4n) is 6.50. The molecule has 3 N–H and O–H groups in total. The van der Waals surface area contributed by atoms with Crippen LogP contribution in [0.3, 0.4) is 0 Å². The van der Waals surface area contributed by atoms with Crippen molar-refractivity contribution in [3.63, 3.8) is 0 Å². The summed E-state index contributed by atoms with van der Waals surface area (Å²) in [5.41, 5.74) is 9.36. The zero-order valence-corrected chi connectivity index (χ0v) is 26.0. The predicted molar refractivity (Wildman–Crippen MR) is 169 cm³/mol. The Hall–Kier alpha value is -4.73. The van der Waals surface area contributed by atoms with Crippen molar-refractivity contribution in [1.29, 1.82) is 0 Å². The van der Waals surface area contributed by atoms with E-state index in [2.05, 4.69) is 10.4 Å². The Morgan fingerprint density at radius 1 is 1.18 bits per heavy atom. The van der Waals surface area contributed by atoms with Crippen LogP contribution in [0.1, 0.15) is 71.4 Å². The molecule has 2 aromatic heterocycles. The Balaban J connectivity index is 1.29. The van der Waals surface area contributed by atoms with Crippen molar-refractivity contribution in [2.45, 2.75) is 63.3 Å². The number of aromatic nitrogens is 3. The standard InChI is InChI=1S/C35H37N5O5/c1-19-5-6-20(2)25(11-19)30-31-26(34(3,18-45-31)33(36)43)14-28(38-30)35(17-41,23-7-8-23)16-37-32(42)21-12-22-15-40(24-9-10-24)39-29(22)27(13-21)44-4/h5-6,11-15,17,23-24H,7-10,16,18H2,1-4H3,(H2,36,43)(H,37,42)/t34-,35+/m0/s1. The van der Waals surface area contributed by atoms with E-state index in [1.165, 1.54) is 0 Å². The fraction of sp³-hybridized carbons (Fsp3) is 0.400. The number of aryl methyl sites for hydroxylation is 2. The molecule has 4 aromatic rings. The van der Waals surface area contributed by atoms with Crippen LogP contribution in [0.4, 0.5) is 0 Å². The summed E-state index contributed by atoms with van der Waals surface area (Å²) in [6.45, 7) is 5.87. The SMILES string of the molecule is COc1cc(C(=O)NC[C@](C=O)(c2cc3c(c(-c4cc(C)ccc4C)n2)OC[C@]3(C)C(N)=O)C2CC2)cc2cn(C3CC3)nc12. The van der Waals surface area contributed by atoms with E-state index < -0.39 is 16.7 Å². The molecule has 2 aromatic carbocycles. The number of aldehydes is 1. The summed E-state index contributed by atoms with van der Waals surface area (Å²) in [4.78, 5) is 44.8. The molecular weight excluding hydrogens is 570 g/mol. The number of primary amides is 1. The molecule has 2 atom stereocenters. The number of carbonyl (C=O) groups is 3. The lowest BCUT2D eigenvalue weighted by Crippen LogP contribution is -2.45. The molecule has 10 nitrogen and oxygen atoms in total. The number of carbonyl (C=O) groups excluding carboxylic acids is 3. The lowest BCUT2D eigenvalue weighted by atomic mass is 9.76. The zero-order chi connectivity index (χ0) is 31.7. The second-order valence-electron chi connectivity index (χ2n) is 13.1. The first kappa shape index (κ1) is 29.0. The summed E-state index contributed by atoms with van der Waals surface area (Å²) in [7, 11) is 1.56. The van der Waals surface area contributed by atoms with Crippen LogP contribution in [0.25, 0.3) is 22.2 Å². The van der Waals surface area contributed by atoms with Gasteiger partial charge in [-0.1, -0.05) is 17.7 Å². The third-order valence-corrected chi connectivity index (χ3v) is 9.79. The van der Waals surface area contributed by atoms with Crippen molar-refractivity contribution in [3.8, 4) is 22.8 Å². The maximum absolute atomic E-state index is 13.7. The van der Waals surface area contributed by atoms with Gasteiger partial charge < -0.3 is 25.3 Å². The van der Waals surface area contributed by atoms with Crippen LogP contribution >= 0.6 is 0 Å². The maximum Gasteiger partial charge on any atom is 0.251 e. The van der Waals surface area contributed by atoms with Crippen molar-refractivity contribution in [2.75, 3.05) is 20.3 Å². The van der Waals surface area contributed by atoms with Crippen LogP contribution in [0.15, 0.2) is 42.6 Å². The van der Waals surface area contributed by atoms with E-state index in [-0.39, 0.29) is 25.0 Å². The Morgan fingerprint density at radius 2 is 1.96 bits per heavy atom. The van der Waals surface area contributed by atoms with Gasteiger partial charge in [-0.2, -0.15) is 5.10 Å². The number of methoxy groups -OCH3 is 1. The van der Waals surface area contributed by atoms with Crippen LogP contribution in [0.5, 0.6) is 11.5 Å². The third-order valence-electron chi connectivity index (χ3n) is 9.79. The molecule has 232 valence electrons. The first-order valence-corrected chi connectivity index (χ1v) is 15.5. The monoisotopic (exact) mass is 607 g/mol. The molecule has 45 heavy (non-hydrogen) atoms. The number of fused-ring (bicyclic) bond motifs is 2. The zero-order valence-electron chi connectivity index (χ0n) is 26.0. The highest BCUT2D eigenvalue weighted by atomic mass is 16.5. The highest BCUT2D eigenvalue weighted by molar-refractivity contribution is 6.00. The molecule has 7 rings (SSSR count). The molecule has 3 heterocycles. The van der Waals surface area contributed by atoms with Gasteiger partial charge >= 0.3 is 0 Å². The molecule has 0 radical (unpaired) electrons. The number of pyridine rings is 1. The molecule has 1 aliphatic heterocycles. The Labute approximate surface area is 261 Å². The van der Waals surface area contributed by atoms with Crippen molar-refractivity contribution in [1.82, 2.24) is 20.1 Å². The first-order chi connectivity index (χ1) is 21.6. The average Bonchev–Trinajstić information content (AvgIpc) is 3.98. The highest BCUT2D eigenvalue weighted by Crippen LogP contribution is 2.50. The van der Waals surface area contributed by atoms with Gasteiger partial charge in [0.25, 0.3) is 5.91 Å². The molecule has 0 spiro atoms. The molecule has 2 saturated carbocycles. The van der Waals surface area contributed by atoms with E-state index in [1.807, 2.05) is 42.9 Å². The van der Waals surface area contributed by atoms with E-state index in [0.29, 0.717) is 45.6 Å². The average molecular weight is 608 g/mol. The van der Waals surface area contributed by atoms with Crippen molar-refractivity contribution < 1.29 is 23.9 Å². The predicted octanol–water partition coefficient (Wildman–Crippen LogP) is 4.47. The molecular formula is C35H37N5O5. The lowest BCUT2D eigenvalue weighted by molar-refractivity contribution is -0.123. The van der Waals surface area contributed by atoms with Gasteiger partial charge in [-0.15, -0.1) is 0 Å². The van der Waals surface area contributed by atoms with E-state index in [9.17, 15) is 14.4 Å². The van der Waals surface area contributed by atoms with Gasteiger partial charge in [0.05, 0.1) is 24.3 Å². The molecule has 2 amide bonds. The van der Waals surface area contributed by atoms with Crippen LogP contribution in [-0.4, -0.2) is 53.1 Å².